The molecule has 1 aromatic carbocycles. The van der Waals surface area contributed by atoms with Gasteiger partial charge in [0.15, 0.2) is 0 Å². The van der Waals surface area contributed by atoms with Gasteiger partial charge in [0.1, 0.15) is 6.04 Å². The number of anilines is 2. The summed E-state index contributed by atoms with van der Waals surface area (Å²) in [6.45, 7) is 4.03. The minimum atomic E-state index is -0.469. The number of aromatic nitrogens is 2. The highest BCUT2D eigenvalue weighted by Gasteiger charge is 2.15. The van der Waals surface area contributed by atoms with Gasteiger partial charge in [0.2, 0.25) is 11.7 Å². The molecular formula is C17H18N4O3S. The first-order valence-corrected chi connectivity index (χ1v) is 8.71. The van der Waals surface area contributed by atoms with E-state index < -0.39 is 6.09 Å². The number of thiophene rings is 1. The van der Waals surface area contributed by atoms with Crippen molar-refractivity contribution < 1.29 is 14.1 Å². The summed E-state index contributed by atoms with van der Waals surface area (Å²) in [6, 6.07) is 11.0. The Morgan fingerprint density at radius 1 is 1.28 bits per heavy atom. The molecule has 1 amide bonds. The molecule has 3 rings (SSSR count). The van der Waals surface area contributed by atoms with E-state index in [0.717, 1.165) is 10.6 Å². The zero-order valence-electron chi connectivity index (χ0n) is 13.9. The zero-order valence-corrected chi connectivity index (χ0v) is 14.7. The van der Waals surface area contributed by atoms with E-state index in [0.29, 0.717) is 24.0 Å². The molecule has 25 heavy (non-hydrogen) atoms. The molecule has 1 unspecified atom stereocenters. The third-order valence-electron chi connectivity index (χ3n) is 3.34. The van der Waals surface area contributed by atoms with E-state index in [9.17, 15) is 4.79 Å². The number of carbonyl (C=O) groups excluding carboxylic acids is 1. The summed E-state index contributed by atoms with van der Waals surface area (Å²) >= 11 is 1.56. The molecule has 7 nitrogen and oxygen atoms in total. The van der Waals surface area contributed by atoms with Gasteiger partial charge in [-0.25, -0.2) is 4.79 Å². The summed E-state index contributed by atoms with van der Waals surface area (Å²) in [7, 11) is 0. The van der Waals surface area contributed by atoms with Crippen molar-refractivity contribution in [2.75, 3.05) is 17.2 Å². The maximum atomic E-state index is 11.4. The Morgan fingerprint density at radius 3 is 2.72 bits per heavy atom. The Kier molecular flexibility index (Phi) is 5.30. The van der Waals surface area contributed by atoms with E-state index in [2.05, 4.69) is 20.8 Å². The van der Waals surface area contributed by atoms with Gasteiger partial charge >= 0.3 is 6.09 Å². The van der Waals surface area contributed by atoms with Gasteiger partial charge in [-0.1, -0.05) is 11.2 Å². The Labute approximate surface area is 149 Å². The van der Waals surface area contributed by atoms with Gasteiger partial charge in [-0.15, -0.1) is 11.3 Å². The fourth-order valence-corrected chi connectivity index (χ4v) is 2.81. The highest BCUT2D eigenvalue weighted by atomic mass is 32.1. The van der Waals surface area contributed by atoms with Crippen LogP contribution in [0.1, 0.15) is 25.8 Å². The van der Waals surface area contributed by atoms with Crippen LogP contribution in [0, 0.1) is 0 Å². The van der Waals surface area contributed by atoms with Crippen molar-refractivity contribution in [3.8, 4) is 10.7 Å². The van der Waals surface area contributed by atoms with Crippen LogP contribution in [0.25, 0.3) is 10.7 Å². The second-order valence-corrected chi connectivity index (χ2v) is 6.17. The summed E-state index contributed by atoms with van der Waals surface area (Å²) in [4.78, 5) is 16.8. The molecule has 2 heterocycles. The van der Waals surface area contributed by atoms with Crippen LogP contribution >= 0.6 is 11.3 Å². The van der Waals surface area contributed by atoms with Crippen molar-refractivity contribution in [2.45, 2.75) is 19.9 Å². The van der Waals surface area contributed by atoms with Gasteiger partial charge in [0.05, 0.1) is 11.5 Å². The molecule has 0 radical (unpaired) electrons. The van der Waals surface area contributed by atoms with E-state index in [-0.39, 0.29) is 6.04 Å². The number of nitrogens with zero attached hydrogens (tertiary/aromatic N) is 2. The van der Waals surface area contributed by atoms with E-state index >= 15 is 0 Å². The highest BCUT2D eigenvalue weighted by molar-refractivity contribution is 7.13. The third-order valence-corrected chi connectivity index (χ3v) is 4.21. The quantitative estimate of drug-likeness (QED) is 0.672. The first kappa shape index (κ1) is 17.0. The maximum Gasteiger partial charge on any atom is 0.411 e. The molecule has 130 valence electrons. The second-order valence-electron chi connectivity index (χ2n) is 5.22. The van der Waals surface area contributed by atoms with E-state index in [1.54, 1.807) is 30.4 Å². The van der Waals surface area contributed by atoms with Gasteiger partial charge in [0, 0.05) is 11.4 Å². The molecule has 0 aliphatic carbocycles. The summed E-state index contributed by atoms with van der Waals surface area (Å²) in [6.07, 6.45) is -0.469. The van der Waals surface area contributed by atoms with Crippen LogP contribution in [0.3, 0.4) is 0 Å². The second kappa shape index (κ2) is 7.80. The lowest BCUT2D eigenvalue weighted by Crippen LogP contribution is -2.13. The largest absolute Gasteiger partial charge is 0.450 e. The van der Waals surface area contributed by atoms with Crippen LogP contribution in [0.4, 0.5) is 16.2 Å². The average molecular weight is 358 g/mol. The summed E-state index contributed by atoms with van der Waals surface area (Å²) in [5.74, 6) is 1.10. The van der Waals surface area contributed by atoms with Gasteiger partial charge in [-0.2, -0.15) is 4.98 Å². The number of amides is 1. The number of nitrogens with one attached hydrogen (secondary N) is 2. The minimum absolute atomic E-state index is 0.148. The topological polar surface area (TPSA) is 89.3 Å². The number of carbonyl (C=O) groups is 1. The fourth-order valence-electron chi connectivity index (χ4n) is 2.16. The lowest BCUT2D eigenvalue weighted by atomic mass is 10.2. The average Bonchev–Trinajstić information content (AvgIpc) is 3.28. The van der Waals surface area contributed by atoms with Crippen molar-refractivity contribution in [3.05, 3.63) is 47.7 Å². The molecule has 0 saturated carbocycles. The normalized spacial score (nSPS) is 11.8. The van der Waals surface area contributed by atoms with Gasteiger partial charge in [0.25, 0.3) is 0 Å². The number of ether oxygens (including phenoxy) is 1. The molecule has 1 atom stereocenters. The number of rotatable bonds is 6. The van der Waals surface area contributed by atoms with Crippen LogP contribution < -0.4 is 10.6 Å². The smallest absolute Gasteiger partial charge is 0.411 e. The highest BCUT2D eigenvalue weighted by Crippen LogP contribution is 2.25. The van der Waals surface area contributed by atoms with Crippen LogP contribution in [0.5, 0.6) is 0 Å². The molecule has 0 fully saturated rings. The van der Waals surface area contributed by atoms with Gasteiger partial charge in [-0.05, 0) is 49.6 Å². The zero-order chi connectivity index (χ0) is 17.6. The lowest BCUT2D eigenvalue weighted by Gasteiger charge is -2.12. The van der Waals surface area contributed by atoms with Crippen molar-refractivity contribution in [1.29, 1.82) is 0 Å². The van der Waals surface area contributed by atoms with Crippen molar-refractivity contribution in [3.63, 3.8) is 0 Å². The predicted octanol–water partition coefficient (Wildman–Crippen LogP) is 4.54. The number of hydrogen-bond donors (Lipinski definition) is 2. The maximum absolute atomic E-state index is 11.4. The Balaban J connectivity index is 1.61. The summed E-state index contributed by atoms with van der Waals surface area (Å²) < 4.78 is 10.2. The molecular weight excluding hydrogens is 340 g/mol. The van der Waals surface area contributed by atoms with E-state index in [1.807, 2.05) is 36.6 Å². The van der Waals surface area contributed by atoms with E-state index in [1.165, 1.54) is 0 Å². The third kappa shape index (κ3) is 4.36. The molecule has 0 aliphatic heterocycles. The van der Waals surface area contributed by atoms with Crippen LogP contribution in [0.2, 0.25) is 0 Å². The van der Waals surface area contributed by atoms with Crippen molar-refractivity contribution >= 4 is 28.8 Å². The summed E-state index contributed by atoms with van der Waals surface area (Å²) in [5, 5.41) is 11.9. The van der Waals surface area contributed by atoms with Crippen LogP contribution in [0.15, 0.2) is 46.3 Å². The molecule has 0 saturated heterocycles. The SMILES string of the molecule is CCOC(=O)Nc1ccc(NC(C)c2nc(-c3cccs3)no2)cc1. The minimum Gasteiger partial charge on any atom is -0.450 e. The first-order chi connectivity index (χ1) is 12.2. The molecule has 2 N–H and O–H groups in total. The van der Waals surface area contributed by atoms with Crippen molar-refractivity contribution in [1.82, 2.24) is 10.1 Å². The lowest BCUT2D eigenvalue weighted by molar-refractivity contribution is 0.168. The van der Waals surface area contributed by atoms with E-state index in [4.69, 9.17) is 9.26 Å². The van der Waals surface area contributed by atoms with Crippen LogP contribution in [-0.2, 0) is 4.74 Å². The Morgan fingerprint density at radius 2 is 2.04 bits per heavy atom. The first-order valence-electron chi connectivity index (χ1n) is 7.83. The van der Waals surface area contributed by atoms with Gasteiger partial charge < -0.3 is 14.6 Å². The molecule has 8 heteroatoms. The fraction of sp³-hybridized carbons (Fsp3) is 0.235. The number of benzene rings is 1. The number of hydrogen-bond acceptors (Lipinski definition) is 7. The van der Waals surface area contributed by atoms with Crippen LogP contribution in [-0.4, -0.2) is 22.8 Å². The van der Waals surface area contributed by atoms with Gasteiger partial charge in [-0.3, -0.25) is 5.32 Å². The van der Waals surface area contributed by atoms with Crippen molar-refractivity contribution in [2.24, 2.45) is 0 Å². The molecule has 0 spiro atoms. The molecule has 2 aromatic heterocycles. The predicted molar refractivity (Wildman–Crippen MR) is 96.7 cm³/mol. The monoisotopic (exact) mass is 358 g/mol. The molecule has 0 bridgehead atoms. The molecule has 0 aliphatic rings. The molecule has 3 aromatic rings. The summed E-state index contributed by atoms with van der Waals surface area (Å²) in [5.41, 5.74) is 1.53. The Hall–Kier alpha value is -2.87. The Bertz CT molecular complexity index is 815. The standard InChI is InChI=1S/C17H18N4O3S/c1-3-23-17(22)19-13-8-6-12(7-9-13)18-11(2)16-20-15(21-24-16)14-5-4-10-25-14/h4-11,18H,3H2,1-2H3,(H,19,22).